The van der Waals surface area contributed by atoms with Gasteiger partial charge in [0.25, 0.3) is 0 Å². The maximum absolute atomic E-state index is 2.44. The van der Waals surface area contributed by atoms with Crippen molar-refractivity contribution >= 4 is 0 Å². The second kappa shape index (κ2) is 32.7. The minimum Gasteiger partial charge on any atom is -0.0683 e. The molecule has 0 amide bonds. The monoisotopic (exact) mass is 372 g/mol. The van der Waals surface area contributed by atoms with E-state index in [1.54, 1.807) is 0 Å². The molecule has 26 heavy (non-hydrogen) atoms. The molecule has 0 spiro atoms. The van der Waals surface area contributed by atoms with Crippen LogP contribution in [0.1, 0.15) is 153 Å². The van der Waals surface area contributed by atoms with Gasteiger partial charge in [-0.1, -0.05) is 153 Å². The Morgan fingerprint density at radius 1 is 0.654 bits per heavy atom. The molecule has 164 valence electrons. The summed E-state index contributed by atoms with van der Waals surface area (Å²) in [6.45, 7) is 23.7. The highest BCUT2D eigenvalue weighted by atomic mass is 14.3. The van der Waals surface area contributed by atoms with Gasteiger partial charge in [-0.25, -0.2) is 0 Å². The van der Waals surface area contributed by atoms with Gasteiger partial charge in [-0.05, 0) is 17.8 Å². The molecule has 0 saturated heterocycles. The van der Waals surface area contributed by atoms with E-state index in [2.05, 4.69) is 48.5 Å². The van der Waals surface area contributed by atoms with Crippen molar-refractivity contribution in [3.63, 3.8) is 0 Å². The van der Waals surface area contributed by atoms with E-state index in [1.165, 1.54) is 77.0 Å². The fourth-order valence-electron chi connectivity index (χ4n) is 2.97. The zero-order valence-corrected chi connectivity index (χ0v) is 21.2. The van der Waals surface area contributed by atoms with Crippen molar-refractivity contribution < 1.29 is 0 Å². The topological polar surface area (TPSA) is 0 Å². The predicted molar refractivity (Wildman–Crippen MR) is 128 cm³/mol. The number of hydrogen-bond donors (Lipinski definition) is 0. The van der Waals surface area contributed by atoms with Crippen molar-refractivity contribution in [2.45, 2.75) is 153 Å². The highest BCUT2D eigenvalue weighted by Gasteiger charge is 2.19. The Morgan fingerprint density at radius 2 is 1.04 bits per heavy atom. The molecule has 0 N–H and O–H groups in total. The summed E-state index contributed by atoms with van der Waals surface area (Å²) in [7, 11) is 0. The highest BCUT2D eigenvalue weighted by molar-refractivity contribution is 4.71. The van der Waals surface area contributed by atoms with Crippen LogP contribution in [0.5, 0.6) is 0 Å². The fraction of sp³-hybridized carbons (Fsp3) is 1.00. The molecule has 1 aliphatic carbocycles. The van der Waals surface area contributed by atoms with E-state index in [-0.39, 0.29) is 0 Å². The van der Waals surface area contributed by atoms with E-state index in [0.717, 1.165) is 17.8 Å². The molecule has 0 bridgehead atoms. The van der Waals surface area contributed by atoms with Crippen LogP contribution in [0, 0.1) is 17.8 Å². The summed E-state index contributed by atoms with van der Waals surface area (Å²) >= 11 is 0. The van der Waals surface area contributed by atoms with E-state index in [0.29, 0.717) is 0 Å². The normalized spacial score (nSPS) is 18.0. The fourth-order valence-corrected chi connectivity index (χ4v) is 2.97. The molecule has 0 radical (unpaired) electrons. The summed E-state index contributed by atoms with van der Waals surface area (Å²) in [5, 5.41) is 0. The summed E-state index contributed by atoms with van der Waals surface area (Å²) < 4.78 is 0. The predicted octanol–water partition coefficient (Wildman–Crippen LogP) is 10.7. The second-order valence-electron chi connectivity index (χ2n) is 7.96. The number of unbranched alkanes of at least 4 members (excludes halogenated alkanes) is 5. The Balaban J connectivity index is -0.000000140. The lowest BCUT2D eigenvalue weighted by molar-refractivity contribution is 0.237. The summed E-state index contributed by atoms with van der Waals surface area (Å²) in [6, 6.07) is 0. The van der Waals surface area contributed by atoms with Crippen LogP contribution in [0.4, 0.5) is 0 Å². The van der Waals surface area contributed by atoms with Crippen molar-refractivity contribution in [1.82, 2.24) is 0 Å². The van der Waals surface area contributed by atoms with Gasteiger partial charge in [0, 0.05) is 0 Å². The smallest absolute Gasteiger partial charge is 0.0388 e. The first-order valence-corrected chi connectivity index (χ1v) is 12.5. The van der Waals surface area contributed by atoms with Crippen molar-refractivity contribution in [2.75, 3.05) is 0 Å². The van der Waals surface area contributed by atoms with Crippen LogP contribution in [0.15, 0.2) is 0 Å². The highest BCUT2D eigenvalue weighted by Crippen LogP contribution is 2.32. The average Bonchev–Trinajstić information content (AvgIpc) is 2.65. The van der Waals surface area contributed by atoms with Crippen LogP contribution in [0.3, 0.4) is 0 Å². The second-order valence-corrected chi connectivity index (χ2v) is 7.96. The van der Waals surface area contributed by atoms with E-state index in [4.69, 9.17) is 0 Å². The van der Waals surface area contributed by atoms with Gasteiger partial charge in [-0.3, -0.25) is 0 Å². The van der Waals surface area contributed by atoms with Crippen LogP contribution >= 0.6 is 0 Å². The Bertz CT molecular complexity index is 176. The molecule has 1 fully saturated rings. The van der Waals surface area contributed by atoms with E-state index < -0.39 is 0 Å². The first-order chi connectivity index (χ1) is 12.5. The minimum atomic E-state index is 0.833. The third-order valence-electron chi connectivity index (χ3n) is 4.42. The maximum Gasteiger partial charge on any atom is -0.0388 e. The summed E-state index contributed by atoms with van der Waals surface area (Å²) in [6.07, 6.45) is 17.3. The summed E-state index contributed by atoms with van der Waals surface area (Å²) in [5.74, 6) is 2.93. The van der Waals surface area contributed by atoms with Gasteiger partial charge in [-0.2, -0.15) is 0 Å². The van der Waals surface area contributed by atoms with Gasteiger partial charge >= 0.3 is 0 Å². The molecule has 1 rings (SSSR count). The third-order valence-corrected chi connectivity index (χ3v) is 4.42. The largest absolute Gasteiger partial charge is 0.0683 e. The molecule has 0 aromatic carbocycles. The molecular formula is C26H60. The van der Waals surface area contributed by atoms with Gasteiger partial charge < -0.3 is 0 Å². The van der Waals surface area contributed by atoms with E-state index >= 15 is 0 Å². The Kier molecular flexibility index (Phi) is 42.2. The lowest BCUT2D eigenvalue weighted by Gasteiger charge is -2.28. The summed E-state index contributed by atoms with van der Waals surface area (Å²) in [5.41, 5.74) is 0. The van der Waals surface area contributed by atoms with Gasteiger partial charge in [0.05, 0.1) is 0 Å². The van der Waals surface area contributed by atoms with Gasteiger partial charge in [0.1, 0.15) is 0 Å². The molecule has 0 aromatic rings. The molecule has 0 heteroatoms. The zero-order chi connectivity index (χ0) is 21.2. The lowest BCUT2D eigenvalue weighted by atomic mass is 9.78. The van der Waals surface area contributed by atoms with Crippen molar-refractivity contribution in [3.8, 4) is 0 Å². The van der Waals surface area contributed by atoms with Crippen LogP contribution < -0.4 is 0 Å². The lowest BCUT2D eigenvalue weighted by Crippen LogP contribution is -2.16. The zero-order valence-electron chi connectivity index (χ0n) is 21.2. The van der Waals surface area contributed by atoms with E-state index in [9.17, 15) is 0 Å². The Morgan fingerprint density at radius 3 is 1.38 bits per heavy atom. The van der Waals surface area contributed by atoms with Crippen molar-refractivity contribution in [2.24, 2.45) is 17.8 Å². The maximum atomic E-state index is 2.44. The molecule has 0 heterocycles. The minimum absolute atomic E-state index is 0.833. The van der Waals surface area contributed by atoms with Crippen molar-refractivity contribution in [3.05, 3.63) is 0 Å². The first-order valence-electron chi connectivity index (χ1n) is 12.5. The molecular weight excluding hydrogens is 312 g/mol. The number of rotatable bonds is 7. The van der Waals surface area contributed by atoms with Gasteiger partial charge in [0.2, 0.25) is 0 Å². The Labute approximate surface area is 171 Å². The Hall–Kier alpha value is 0. The molecule has 0 aliphatic heterocycles. The molecule has 0 aromatic heterocycles. The molecule has 2 unspecified atom stereocenters. The van der Waals surface area contributed by atoms with E-state index in [1.807, 2.05) is 27.7 Å². The molecule has 0 nitrogen and oxygen atoms in total. The summed E-state index contributed by atoms with van der Waals surface area (Å²) in [4.78, 5) is 0. The van der Waals surface area contributed by atoms with Crippen LogP contribution in [-0.2, 0) is 0 Å². The average molecular weight is 373 g/mol. The van der Waals surface area contributed by atoms with Gasteiger partial charge in [0.15, 0.2) is 0 Å². The van der Waals surface area contributed by atoms with Crippen LogP contribution in [0.25, 0.3) is 0 Å². The third kappa shape index (κ3) is 35.2. The van der Waals surface area contributed by atoms with Crippen LogP contribution in [-0.4, -0.2) is 0 Å². The van der Waals surface area contributed by atoms with Crippen LogP contribution in [0.2, 0.25) is 0 Å². The standard InChI is InChI=1S/C11H22.C7H16.C4H10.2C2H6/c1-3-4-8-11-9-6-5-7-10(11)2;1-3-5-7-6-4-2;1-4(2)3;2*1-2/h10-11H,3-9H2,1-2H3;3-7H2,1-2H3;4H,1-3H3;2*1-2H3. The SMILES string of the molecule is CC.CC.CC(C)C.CCCCC1CCCCC1C.CCCCCCC. The quantitative estimate of drug-likeness (QED) is 0.390. The van der Waals surface area contributed by atoms with Gasteiger partial charge in [-0.15, -0.1) is 0 Å². The first kappa shape index (κ1) is 33.6. The molecule has 1 saturated carbocycles. The molecule has 2 atom stereocenters. The molecule has 1 aliphatic rings. The number of hydrogen-bond acceptors (Lipinski definition) is 0. The van der Waals surface area contributed by atoms with Crippen molar-refractivity contribution in [1.29, 1.82) is 0 Å².